The van der Waals surface area contributed by atoms with Crippen molar-refractivity contribution >= 4 is 16.9 Å². The number of hydrogen-bond donors (Lipinski definition) is 3. The number of phenolic OH excluding ortho intramolecular Hbond substituents is 1. The fraction of sp³-hybridized carbons (Fsp3) is 0.250. The minimum absolute atomic E-state index is 0.0335. The van der Waals surface area contributed by atoms with Gasteiger partial charge in [0, 0.05) is 22.7 Å². The van der Waals surface area contributed by atoms with Gasteiger partial charge in [-0.15, -0.1) is 0 Å². The lowest BCUT2D eigenvalue weighted by atomic mass is 9.83. The van der Waals surface area contributed by atoms with E-state index >= 15 is 0 Å². The second-order valence-corrected chi connectivity index (χ2v) is 4.33. The molecule has 0 aliphatic carbocycles. The van der Waals surface area contributed by atoms with Gasteiger partial charge in [-0.2, -0.15) is 0 Å². The van der Waals surface area contributed by atoms with E-state index in [9.17, 15) is 9.90 Å². The molecule has 2 rings (SSSR count). The number of fused-ring (bicyclic) bond motifs is 1. The Bertz CT molecular complexity index is 554. The molecule has 1 aromatic carbocycles. The molecule has 1 heterocycles. The SMILES string of the molecule is CC(C)(C(=O)O)c1ccc2[nH]ccc2c1O. The zero-order valence-corrected chi connectivity index (χ0v) is 9.11. The highest BCUT2D eigenvalue weighted by atomic mass is 16.4. The van der Waals surface area contributed by atoms with Crippen molar-refractivity contribution < 1.29 is 15.0 Å². The molecule has 0 aliphatic rings. The minimum atomic E-state index is -1.10. The molecular formula is C12H13NO3. The molecule has 0 atom stereocenters. The minimum Gasteiger partial charge on any atom is -0.507 e. The number of carbonyl (C=O) groups is 1. The molecule has 0 unspecified atom stereocenters. The Hall–Kier alpha value is -1.97. The van der Waals surface area contributed by atoms with Crippen LogP contribution in [-0.2, 0) is 10.2 Å². The lowest BCUT2D eigenvalue weighted by Gasteiger charge is -2.21. The Morgan fingerprint density at radius 3 is 2.62 bits per heavy atom. The third kappa shape index (κ3) is 1.34. The summed E-state index contributed by atoms with van der Waals surface area (Å²) in [6, 6.07) is 5.14. The van der Waals surface area contributed by atoms with Crippen LogP contribution in [0.4, 0.5) is 0 Å². The summed E-state index contributed by atoms with van der Waals surface area (Å²) < 4.78 is 0. The van der Waals surface area contributed by atoms with Crippen molar-refractivity contribution in [1.82, 2.24) is 4.98 Å². The number of rotatable bonds is 2. The van der Waals surface area contributed by atoms with Gasteiger partial charge in [0.25, 0.3) is 0 Å². The molecule has 3 N–H and O–H groups in total. The predicted molar refractivity (Wildman–Crippen MR) is 60.6 cm³/mol. The van der Waals surface area contributed by atoms with Crippen molar-refractivity contribution in [2.75, 3.05) is 0 Å². The average Bonchev–Trinajstić information content (AvgIpc) is 2.66. The molecule has 0 saturated heterocycles. The molecule has 0 aliphatic heterocycles. The fourth-order valence-electron chi connectivity index (χ4n) is 1.74. The normalized spacial score (nSPS) is 11.9. The first-order valence-electron chi connectivity index (χ1n) is 4.97. The largest absolute Gasteiger partial charge is 0.507 e. The molecule has 4 nitrogen and oxygen atoms in total. The van der Waals surface area contributed by atoms with Crippen molar-refractivity contribution in [2.45, 2.75) is 19.3 Å². The van der Waals surface area contributed by atoms with E-state index < -0.39 is 11.4 Å². The highest BCUT2D eigenvalue weighted by molar-refractivity contribution is 5.90. The third-order valence-corrected chi connectivity index (χ3v) is 2.91. The summed E-state index contributed by atoms with van der Waals surface area (Å²) in [6.07, 6.45) is 1.71. The molecule has 84 valence electrons. The molecule has 2 aromatic rings. The van der Waals surface area contributed by atoms with Crippen LogP contribution in [0.2, 0.25) is 0 Å². The number of H-pyrrole nitrogens is 1. The van der Waals surface area contributed by atoms with Gasteiger partial charge in [-0.25, -0.2) is 0 Å². The summed E-state index contributed by atoms with van der Waals surface area (Å²) in [5, 5.41) is 19.8. The van der Waals surface area contributed by atoms with Gasteiger partial charge in [-0.1, -0.05) is 6.07 Å². The number of carboxylic acids is 1. The molecule has 0 saturated carbocycles. The first-order chi connectivity index (χ1) is 7.44. The van der Waals surface area contributed by atoms with Crippen molar-refractivity contribution in [3.05, 3.63) is 30.0 Å². The van der Waals surface area contributed by atoms with Crippen LogP contribution in [0.1, 0.15) is 19.4 Å². The summed E-state index contributed by atoms with van der Waals surface area (Å²) in [4.78, 5) is 14.1. The molecule has 0 spiro atoms. The highest BCUT2D eigenvalue weighted by Crippen LogP contribution is 2.36. The number of carboxylic acid groups (broad SMARTS) is 1. The summed E-state index contributed by atoms with van der Waals surface area (Å²) in [5.74, 6) is -0.927. The van der Waals surface area contributed by atoms with E-state index in [0.717, 1.165) is 5.52 Å². The maximum atomic E-state index is 11.1. The summed E-state index contributed by atoms with van der Waals surface area (Å²) in [6.45, 7) is 3.14. The summed E-state index contributed by atoms with van der Waals surface area (Å²) in [5.41, 5.74) is 0.116. The first-order valence-corrected chi connectivity index (χ1v) is 4.97. The zero-order valence-electron chi connectivity index (χ0n) is 9.11. The number of phenols is 1. The van der Waals surface area contributed by atoms with E-state index in [1.807, 2.05) is 0 Å². The lowest BCUT2D eigenvalue weighted by Crippen LogP contribution is -2.28. The van der Waals surface area contributed by atoms with Crippen LogP contribution in [-0.4, -0.2) is 21.2 Å². The van der Waals surface area contributed by atoms with Crippen LogP contribution in [0, 0.1) is 0 Å². The molecule has 0 bridgehead atoms. The fourth-order valence-corrected chi connectivity index (χ4v) is 1.74. The van der Waals surface area contributed by atoms with E-state index in [4.69, 9.17) is 5.11 Å². The Kier molecular flexibility index (Phi) is 2.15. The topological polar surface area (TPSA) is 73.3 Å². The quantitative estimate of drug-likeness (QED) is 0.725. The number of aliphatic carboxylic acids is 1. The van der Waals surface area contributed by atoms with E-state index in [1.54, 1.807) is 38.2 Å². The highest BCUT2D eigenvalue weighted by Gasteiger charge is 2.32. The van der Waals surface area contributed by atoms with Gasteiger partial charge in [0.05, 0.1) is 5.41 Å². The predicted octanol–water partition coefficient (Wildman–Crippen LogP) is 2.24. The van der Waals surface area contributed by atoms with Crippen molar-refractivity contribution in [3.63, 3.8) is 0 Å². The molecule has 0 radical (unpaired) electrons. The maximum absolute atomic E-state index is 11.1. The summed E-state index contributed by atoms with van der Waals surface area (Å²) >= 11 is 0. The number of aromatic hydroxyl groups is 1. The number of hydrogen-bond acceptors (Lipinski definition) is 2. The third-order valence-electron chi connectivity index (χ3n) is 2.91. The van der Waals surface area contributed by atoms with Gasteiger partial charge in [0.2, 0.25) is 0 Å². The monoisotopic (exact) mass is 219 g/mol. The number of benzene rings is 1. The molecule has 0 amide bonds. The first kappa shape index (κ1) is 10.5. The standard InChI is InChI=1S/C12H13NO3/c1-12(2,11(15)16)8-3-4-9-7(10(8)14)5-6-13-9/h3-6,13-14H,1-2H3,(H,15,16). The number of nitrogens with one attached hydrogen (secondary N) is 1. The van der Waals surface area contributed by atoms with E-state index in [0.29, 0.717) is 10.9 Å². The van der Waals surface area contributed by atoms with E-state index in [2.05, 4.69) is 4.98 Å². The molecular weight excluding hydrogens is 206 g/mol. The second kappa shape index (κ2) is 3.27. The second-order valence-electron chi connectivity index (χ2n) is 4.33. The van der Waals surface area contributed by atoms with Crippen molar-refractivity contribution in [3.8, 4) is 5.75 Å². The maximum Gasteiger partial charge on any atom is 0.313 e. The van der Waals surface area contributed by atoms with Crippen LogP contribution in [0.25, 0.3) is 10.9 Å². The van der Waals surface area contributed by atoms with Gasteiger partial charge in [-0.3, -0.25) is 4.79 Å². The molecule has 4 heteroatoms. The van der Waals surface area contributed by atoms with Gasteiger partial charge in [0.1, 0.15) is 5.75 Å². The Labute approximate surface area is 92.5 Å². The van der Waals surface area contributed by atoms with Gasteiger partial charge in [-0.05, 0) is 26.0 Å². The molecule has 1 aromatic heterocycles. The van der Waals surface area contributed by atoms with Crippen LogP contribution in [0.5, 0.6) is 5.75 Å². The smallest absolute Gasteiger partial charge is 0.313 e. The van der Waals surface area contributed by atoms with Gasteiger partial charge >= 0.3 is 5.97 Å². The zero-order chi connectivity index (χ0) is 11.9. The average molecular weight is 219 g/mol. The Balaban J connectivity index is 2.70. The molecule has 16 heavy (non-hydrogen) atoms. The number of aromatic amines is 1. The van der Waals surface area contributed by atoms with Crippen molar-refractivity contribution in [1.29, 1.82) is 0 Å². The molecule has 0 fully saturated rings. The summed E-state index contributed by atoms with van der Waals surface area (Å²) in [7, 11) is 0. The van der Waals surface area contributed by atoms with Gasteiger partial charge < -0.3 is 15.2 Å². The van der Waals surface area contributed by atoms with Crippen LogP contribution < -0.4 is 0 Å². The van der Waals surface area contributed by atoms with E-state index in [-0.39, 0.29) is 5.75 Å². The Morgan fingerprint density at radius 2 is 2.00 bits per heavy atom. The lowest BCUT2D eigenvalue weighted by molar-refractivity contribution is -0.142. The van der Waals surface area contributed by atoms with Crippen molar-refractivity contribution in [2.24, 2.45) is 0 Å². The van der Waals surface area contributed by atoms with Crippen LogP contribution >= 0.6 is 0 Å². The van der Waals surface area contributed by atoms with Crippen LogP contribution in [0.15, 0.2) is 24.4 Å². The number of aromatic nitrogens is 1. The van der Waals surface area contributed by atoms with Gasteiger partial charge in [0.15, 0.2) is 0 Å². The van der Waals surface area contributed by atoms with E-state index in [1.165, 1.54) is 0 Å². The Morgan fingerprint density at radius 1 is 1.31 bits per heavy atom. The van der Waals surface area contributed by atoms with Crippen LogP contribution in [0.3, 0.4) is 0 Å².